The first-order valence-electron chi connectivity index (χ1n) is 6.01. The third-order valence-electron chi connectivity index (χ3n) is 2.75. The van der Waals surface area contributed by atoms with Gasteiger partial charge in [0.25, 0.3) is 0 Å². The van der Waals surface area contributed by atoms with Crippen molar-refractivity contribution < 1.29 is 13.2 Å². The second-order valence-corrected chi connectivity index (χ2v) is 6.52. The maximum absolute atomic E-state index is 12.1. The molecule has 2 aromatic rings. The van der Waals surface area contributed by atoms with Gasteiger partial charge in [-0.25, -0.2) is 8.42 Å². The molecule has 0 heterocycles. The van der Waals surface area contributed by atoms with Crippen LogP contribution >= 0.6 is 11.6 Å². The van der Waals surface area contributed by atoms with E-state index in [-0.39, 0.29) is 5.75 Å². The Morgan fingerprint density at radius 2 is 1.71 bits per heavy atom. The number of primary amides is 1. The van der Waals surface area contributed by atoms with Crippen molar-refractivity contribution in [3.63, 3.8) is 0 Å². The van der Waals surface area contributed by atoms with Gasteiger partial charge in [0, 0.05) is 16.3 Å². The van der Waals surface area contributed by atoms with Crippen LogP contribution in [0.25, 0.3) is 0 Å². The van der Waals surface area contributed by atoms with E-state index < -0.39 is 15.9 Å². The molecule has 0 atom stereocenters. The van der Waals surface area contributed by atoms with Crippen LogP contribution < -0.4 is 10.5 Å². The predicted octanol–water partition coefficient (Wildman–Crippen LogP) is 2.38. The van der Waals surface area contributed by atoms with Crippen molar-refractivity contribution in [2.75, 3.05) is 4.72 Å². The fourth-order valence-corrected chi connectivity index (χ4v) is 3.25. The molecule has 0 aromatic heterocycles. The van der Waals surface area contributed by atoms with Crippen molar-refractivity contribution in [1.82, 2.24) is 0 Å². The minimum atomic E-state index is -3.59. The summed E-state index contributed by atoms with van der Waals surface area (Å²) in [6.07, 6.45) is 0. The maximum atomic E-state index is 12.1. The van der Waals surface area contributed by atoms with Gasteiger partial charge < -0.3 is 5.73 Å². The first-order valence-corrected chi connectivity index (χ1v) is 8.04. The van der Waals surface area contributed by atoms with Gasteiger partial charge in [0.15, 0.2) is 0 Å². The van der Waals surface area contributed by atoms with Crippen LogP contribution in [0.2, 0.25) is 5.02 Å². The highest BCUT2D eigenvalue weighted by Gasteiger charge is 2.14. The third kappa shape index (κ3) is 4.21. The molecule has 0 bridgehead atoms. The van der Waals surface area contributed by atoms with E-state index in [0.29, 0.717) is 21.8 Å². The van der Waals surface area contributed by atoms with Gasteiger partial charge in [-0.1, -0.05) is 29.8 Å². The molecule has 21 heavy (non-hydrogen) atoms. The number of hydrogen-bond donors (Lipinski definition) is 2. The Morgan fingerprint density at radius 1 is 1.10 bits per heavy atom. The molecule has 2 aromatic carbocycles. The molecule has 7 heteroatoms. The minimum Gasteiger partial charge on any atom is -0.366 e. The standard InChI is InChI=1S/C14H13ClN2O3S/c15-13-4-2-1-3-11(13)9-21(19,20)17-12-7-5-10(6-8-12)14(16)18/h1-8,17H,9H2,(H2,16,18). The number of nitrogens with two attached hydrogens (primary N) is 1. The summed E-state index contributed by atoms with van der Waals surface area (Å²) in [6, 6.07) is 12.6. The summed E-state index contributed by atoms with van der Waals surface area (Å²) >= 11 is 5.95. The SMILES string of the molecule is NC(=O)c1ccc(NS(=O)(=O)Cc2ccccc2Cl)cc1. The largest absolute Gasteiger partial charge is 0.366 e. The van der Waals surface area contributed by atoms with Gasteiger partial charge in [-0.3, -0.25) is 9.52 Å². The van der Waals surface area contributed by atoms with Crippen LogP contribution in [-0.4, -0.2) is 14.3 Å². The zero-order valence-electron chi connectivity index (χ0n) is 10.9. The summed E-state index contributed by atoms with van der Waals surface area (Å²) in [6.45, 7) is 0. The molecule has 0 unspecified atom stereocenters. The number of anilines is 1. The Kier molecular flexibility index (Phi) is 4.50. The molecule has 0 saturated carbocycles. The Bertz CT molecular complexity index is 758. The highest BCUT2D eigenvalue weighted by Crippen LogP contribution is 2.19. The van der Waals surface area contributed by atoms with Gasteiger partial charge in [-0.05, 0) is 35.9 Å². The molecule has 110 valence electrons. The van der Waals surface area contributed by atoms with E-state index in [1.807, 2.05) is 0 Å². The van der Waals surface area contributed by atoms with E-state index in [1.54, 1.807) is 24.3 Å². The van der Waals surface area contributed by atoms with Crippen molar-refractivity contribution in [2.24, 2.45) is 5.73 Å². The molecule has 1 amide bonds. The molecule has 0 radical (unpaired) electrons. The third-order valence-corrected chi connectivity index (χ3v) is 4.35. The Morgan fingerprint density at radius 3 is 2.29 bits per heavy atom. The highest BCUT2D eigenvalue weighted by atomic mass is 35.5. The molecule has 3 N–H and O–H groups in total. The highest BCUT2D eigenvalue weighted by molar-refractivity contribution is 7.91. The van der Waals surface area contributed by atoms with Crippen LogP contribution in [0.4, 0.5) is 5.69 Å². The average molecular weight is 325 g/mol. The first kappa shape index (κ1) is 15.3. The van der Waals surface area contributed by atoms with Gasteiger partial charge >= 0.3 is 0 Å². The van der Waals surface area contributed by atoms with Gasteiger partial charge in [-0.15, -0.1) is 0 Å². The van der Waals surface area contributed by atoms with Crippen LogP contribution in [-0.2, 0) is 15.8 Å². The Hall–Kier alpha value is -2.05. The zero-order chi connectivity index (χ0) is 15.5. The van der Waals surface area contributed by atoms with Crippen LogP contribution in [0, 0.1) is 0 Å². The topological polar surface area (TPSA) is 89.3 Å². The summed E-state index contributed by atoms with van der Waals surface area (Å²) in [5.41, 5.74) is 6.29. The first-order chi connectivity index (χ1) is 9.87. The number of sulfonamides is 1. The van der Waals surface area contributed by atoms with Gasteiger partial charge in [0.1, 0.15) is 0 Å². The molecule has 0 saturated heterocycles. The predicted molar refractivity (Wildman–Crippen MR) is 82.7 cm³/mol. The lowest BCUT2D eigenvalue weighted by Crippen LogP contribution is -2.16. The Labute approximate surface area is 127 Å². The molecule has 2 rings (SSSR count). The monoisotopic (exact) mass is 324 g/mol. The quantitative estimate of drug-likeness (QED) is 0.884. The maximum Gasteiger partial charge on any atom is 0.248 e. The van der Waals surface area contributed by atoms with E-state index in [1.165, 1.54) is 24.3 Å². The lowest BCUT2D eigenvalue weighted by molar-refractivity contribution is 0.100. The lowest BCUT2D eigenvalue weighted by Gasteiger charge is -2.09. The smallest absolute Gasteiger partial charge is 0.248 e. The van der Waals surface area contributed by atoms with Crippen molar-refractivity contribution in [2.45, 2.75) is 5.75 Å². The number of carbonyl (C=O) groups is 1. The molecular weight excluding hydrogens is 312 g/mol. The van der Waals surface area contributed by atoms with Crippen LogP contribution in [0.3, 0.4) is 0 Å². The summed E-state index contributed by atoms with van der Waals surface area (Å²) in [5, 5.41) is 0.395. The van der Waals surface area contributed by atoms with Gasteiger partial charge in [0.2, 0.25) is 15.9 Å². The van der Waals surface area contributed by atoms with E-state index >= 15 is 0 Å². The number of halogens is 1. The summed E-state index contributed by atoms with van der Waals surface area (Å²) < 4.78 is 26.6. The van der Waals surface area contributed by atoms with Crippen LogP contribution in [0.15, 0.2) is 48.5 Å². The van der Waals surface area contributed by atoms with Crippen LogP contribution in [0.1, 0.15) is 15.9 Å². The summed E-state index contributed by atoms with van der Waals surface area (Å²) in [7, 11) is -3.59. The van der Waals surface area contributed by atoms with Crippen LogP contribution in [0.5, 0.6) is 0 Å². The number of carbonyl (C=O) groups excluding carboxylic acids is 1. The Balaban J connectivity index is 2.14. The molecule has 0 fully saturated rings. The lowest BCUT2D eigenvalue weighted by atomic mass is 10.2. The number of rotatable bonds is 5. The van der Waals surface area contributed by atoms with Gasteiger partial charge in [0.05, 0.1) is 5.75 Å². The summed E-state index contributed by atoms with van der Waals surface area (Å²) in [4.78, 5) is 10.9. The fourth-order valence-electron chi connectivity index (χ4n) is 1.74. The molecule has 0 aliphatic carbocycles. The van der Waals surface area contributed by atoms with Crippen molar-refractivity contribution in [3.05, 3.63) is 64.7 Å². The van der Waals surface area contributed by atoms with E-state index in [9.17, 15) is 13.2 Å². The molecule has 0 spiro atoms. The van der Waals surface area contributed by atoms with Crippen molar-refractivity contribution in [3.8, 4) is 0 Å². The molecular formula is C14H13ClN2O3S. The fraction of sp³-hybridized carbons (Fsp3) is 0.0714. The molecule has 0 aliphatic heterocycles. The minimum absolute atomic E-state index is 0.232. The number of hydrogen-bond acceptors (Lipinski definition) is 3. The number of amides is 1. The number of nitrogens with one attached hydrogen (secondary N) is 1. The second kappa shape index (κ2) is 6.15. The normalized spacial score (nSPS) is 11.1. The number of benzene rings is 2. The van der Waals surface area contributed by atoms with E-state index in [4.69, 9.17) is 17.3 Å². The molecule has 5 nitrogen and oxygen atoms in total. The average Bonchev–Trinajstić information content (AvgIpc) is 2.41. The summed E-state index contributed by atoms with van der Waals surface area (Å²) in [5.74, 6) is -0.801. The zero-order valence-corrected chi connectivity index (χ0v) is 12.5. The molecule has 0 aliphatic rings. The van der Waals surface area contributed by atoms with Gasteiger partial charge in [-0.2, -0.15) is 0 Å². The van der Waals surface area contributed by atoms with Crippen molar-refractivity contribution >= 4 is 33.2 Å². The van der Waals surface area contributed by atoms with E-state index in [0.717, 1.165) is 0 Å². The second-order valence-electron chi connectivity index (χ2n) is 4.39. The van der Waals surface area contributed by atoms with E-state index in [2.05, 4.69) is 4.72 Å². The van der Waals surface area contributed by atoms with Crippen molar-refractivity contribution in [1.29, 1.82) is 0 Å².